The number of rotatable bonds is 2. The second-order valence-electron chi connectivity index (χ2n) is 2.77. The molecule has 0 unspecified atom stereocenters. The van der Waals surface area contributed by atoms with Crippen molar-refractivity contribution >= 4 is 0 Å². The molecule has 0 aliphatic carbocycles. The van der Waals surface area contributed by atoms with Crippen molar-refractivity contribution in [2.75, 3.05) is 19.7 Å². The van der Waals surface area contributed by atoms with Gasteiger partial charge in [-0.25, -0.2) is 0 Å². The Hall–Kier alpha value is -0.520. The predicted molar refractivity (Wildman–Crippen MR) is 40.7 cm³/mol. The average Bonchev–Trinajstić information content (AvgIpc) is 1.85. The Kier molecular flexibility index (Phi) is 2.31. The van der Waals surface area contributed by atoms with Crippen LogP contribution >= 0.6 is 0 Å². The Balaban J connectivity index is 2.16. The molecule has 1 rings (SSSR count). The molecule has 0 aromatic carbocycles. The van der Waals surface area contributed by atoms with Crippen LogP contribution in [-0.2, 0) is 4.74 Å². The summed E-state index contributed by atoms with van der Waals surface area (Å²) in [4.78, 5) is 0. The minimum absolute atomic E-state index is 0.0594. The molecule has 0 bridgehead atoms. The number of hydrogen-bond donors (Lipinski definition) is 1. The van der Waals surface area contributed by atoms with E-state index >= 15 is 0 Å². The highest BCUT2D eigenvalue weighted by Crippen LogP contribution is 2.13. The zero-order valence-corrected chi connectivity index (χ0v) is 6.53. The van der Waals surface area contributed by atoms with Crippen LogP contribution in [0.1, 0.15) is 13.8 Å². The molecule has 2 heteroatoms. The molecule has 0 aromatic rings. The van der Waals surface area contributed by atoms with Crippen LogP contribution in [0, 0.1) is 11.8 Å². The second-order valence-corrected chi connectivity index (χ2v) is 2.77. The van der Waals surface area contributed by atoms with Gasteiger partial charge in [0.05, 0.1) is 5.60 Å². The molecule has 2 nitrogen and oxygen atoms in total. The van der Waals surface area contributed by atoms with E-state index in [1.54, 1.807) is 0 Å². The van der Waals surface area contributed by atoms with E-state index in [1.165, 1.54) is 0 Å². The van der Waals surface area contributed by atoms with E-state index in [4.69, 9.17) is 4.74 Å². The highest BCUT2D eigenvalue weighted by Gasteiger charge is 2.31. The van der Waals surface area contributed by atoms with Crippen LogP contribution in [0.15, 0.2) is 0 Å². The molecule has 0 aromatic heterocycles. The SMILES string of the molecule is CC#CCOC1(C)CNC1. The van der Waals surface area contributed by atoms with E-state index in [9.17, 15) is 0 Å². The molecule has 56 valence electrons. The van der Waals surface area contributed by atoms with E-state index in [-0.39, 0.29) is 5.60 Å². The van der Waals surface area contributed by atoms with Crippen molar-refractivity contribution in [3.63, 3.8) is 0 Å². The van der Waals surface area contributed by atoms with Gasteiger partial charge in [-0.2, -0.15) is 0 Å². The Labute approximate surface area is 62.0 Å². The maximum atomic E-state index is 5.47. The first-order valence-corrected chi connectivity index (χ1v) is 3.51. The van der Waals surface area contributed by atoms with Gasteiger partial charge in [-0.1, -0.05) is 5.92 Å². The van der Waals surface area contributed by atoms with Crippen molar-refractivity contribution < 1.29 is 4.74 Å². The van der Waals surface area contributed by atoms with E-state index in [0.29, 0.717) is 6.61 Å². The summed E-state index contributed by atoms with van der Waals surface area (Å²) in [6.07, 6.45) is 0. The third kappa shape index (κ3) is 1.73. The van der Waals surface area contributed by atoms with Gasteiger partial charge in [0.2, 0.25) is 0 Å². The van der Waals surface area contributed by atoms with Crippen LogP contribution < -0.4 is 5.32 Å². The van der Waals surface area contributed by atoms with Crippen molar-refractivity contribution in [3.05, 3.63) is 0 Å². The highest BCUT2D eigenvalue weighted by atomic mass is 16.5. The molecule has 0 amide bonds. The molecule has 0 atom stereocenters. The normalized spacial score (nSPS) is 20.6. The minimum Gasteiger partial charge on any atom is -0.360 e. The molecule has 10 heavy (non-hydrogen) atoms. The first-order chi connectivity index (χ1) is 4.77. The number of hydrogen-bond acceptors (Lipinski definition) is 2. The molecular weight excluding hydrogens is 126 g/mol. The van der Waals surface area contributed by atoms with Gasteiger partial charge < -0.3 is 10.1 Å². The van der Waals surface area contributed by atoms with Crippen LogP contribution in [0.5, 0.6) is 0 Å². The maximum Gasteiger partial charge on any atom is 0.108 e. The number of nitrogens with one attached hydrogen (secondary N) is 1. The van der Waals surface area contributed by atoms with Crippen molar-refractivity contribution in [2.24, 2.45) is 0 Å². The van der Waals surface area contributed by atoms with Gasteiger partial charge >= 0.3 is 0 Å². The summed E-state index contributed by atoms with van der Waals surface area (Å²) in [7, 11) is 0. The summed E-state index contributed by atoms with van der Waals surface area (Å²) in [6, 6.07) is 0. The molecule has 0 saturated carbocycles. The first-order valence-electron chi connectivity index (χ1n) is 3.51. The quantitative estimate of drug-likeness (QED) is 0.559. The van der Waals surface area contributed by atoms with E-state index in [1.807, 2.05) is 6.92 Å². The van der Waals surface area contributed by atoms with E-state index in [2.05, 4.69) is 24.1 Å². The fourth-order valence-electron chi connectivity index (χ4n) is 0.862. The Morgan fingerprint density at radius 3 is 2.70 bits per heavy atom. The van der Waals surface area contributed by atoms with Crippen LogP contribution in [0.2, 0.25) is 0 Å². The lowest BCUT2D eigenvalue weighted by atomic mass is 10.0. The summed E-state index contributed by atoms with van der Waals surface area (Å²) >= 11 is 0. The smallest absolute Gasteiger partial charge is 0.108 e. The zero-order valence-electron chi connectivity index (χ0n) is 6.53. The molecule has 0 spiro atoms. The van der Waals surface area contributed by atoms with Crippen LogP contribution in [-0.4, -0.2) is 25.3 Å². The van der Waals surface area contributed by atoms with Crippen molar-refractivity contribution in [2.45, 2.75) is 19.4 Å². The molecule has 1 aliphatic heterocycles. The van der Waals surface area contributed by atoms with Crippen LogP contribution in [0.25, 0.3) is 0 Å². The Bertz CT molecular complexity index is 162. The van der Waals surface area contributed by atoms with Crippen molar-refractivity contribution in [1.82, 2.24) is 5.32 Å². The summed E-state index contributed by atoms with van der Waals surface area (Å²) in [6.45, 7) is 6.40. The average molecular weight is 139 g/mol. The second kappa shape index (κ2) is 3.05. The van der Waals surface area contributed by atoms with Crippen LogP contribution in [0.4, 0.5) is 0 Å². The molecule has 0 radical (unpaired) electrons. The Morgan fingerprint density at radius 2 is 2.30 bits per heavy atom. The van der Waals surface area contributed by atoms with Crippen LogP contribution in [0.3, 0.4) is 0 Å². The molecule has 1 aliphatic rings. The molecule has 1 N–H and O–H groups in total. The van der Waals surface area contributed by atoms with Gasteiger partial charge in [-0.05, 0) is 13.8 Å². The zero-order chi connectivity index (χ0) is 7.45. The fraction of sp³-hybridized carbons (Fsp3) is 0.750. The first kappa shape index (κ1) is 7.59. The van der Waals surface area contributed by atoms with Crippen molar-refractivity contribution in [1.29, 1.82) is 0 Å². The lowest BCUT2D eigenvalue weighted by molar-refractivity contribution is -0.0512. The van der Waals surface area contributed by atoms with Gasteiger partial charge in [0, 0.05) is 13.1 Å². The summed E-state index contributed by atoms with van der Waals surface area (Å²) in [5.74, 6) is 5.67. The summed E-state index contributed by atoms with van der Waals surface area (Å²) in [5, 5.41) is 3.16. The van der Waals surface area contributed by atoms with E-state index < -0.39 is 0 Å². The topological polar surface area (TPSA) is 21.3 Å². The molecule has 1 saturated heterocycles. The van der Waals surface area contributed by atoms with Gasteiger partial charge in [0.15, 0.2) is 0 Å². The summed E-state index contributed by atoms with van der Waals surface area (Å²) in [5.41, 5.74) is 0.0594. The van der Waals surface area contributed by atoms with Gasteiger partial charge in [-0.15, -0.1) is 5.92 Å². The fourth-order valence-corrected chi connectivity index (χ4v) is 0.862. The standard InChI is InChI=1S/C8H13NO/c1-3-4-5-10-8(2)6-9-7-8/h9H,5-7H2,1-2H3. The maximum absolute atomic E-state index is 5.47. The molecule has 1 heterocycles. The highest BCUT2D eigenvalue weighted by molar-refractivity contribution is 4.98. The van der Waals surface area contributed by atoms with Gasteiger partial charge in [0.25, 0.3) is 0 Å². The Morgan fingerprint density at radius 1 is 1.60 bits per heavy atom. The third-order valence-corrected chi connectivity index (χ3v) is 1.67. The summed E-state index contributed by atoms with van der Waals surface area (Å²) < 4.78 is 5.47. The monoisotopic (exact) mass is 139 g/mol. The van der Waals surface area contributed by atoms with Crippen molar-refractivity contribution in [3.8, 4) is 11.8 Å². The van der Waals surface area contributed by atoms with Gasteiger partial charge in [0.1, 0.15) is 6.61 Å². The largest absolute Gasteiger partial charge is 0.360 e. The predicted octanol–water partition coefficient (Wildman–Crippen LogP) is 0.388. The minimum atomic E-state index is 0.0594. The van der Waals surface area contributed by atoms with Gasteiger partial charge in [-0.3, -0.25) is 0 Å². The third-order valence-electron chi connectivity index (χ3n) is 1.67. The lowest BCUT2D eigenvalue weighted by Gasteiger charge is -2.38. The van der Waals surface area contributed by atoms with E-state index in [0.717, 1.165) is 13.1 Å². The molecule has 1 fully saturated rings. The lowest BCUT2D eigenvalue weighted by Crippen LogP contribution is -2.59. The number of ether oxygens (including phenoxy) is 1. The molecular formula is C8H13NO.